The number of nitrogens with one attached hydrogen (secondary N) is 3. The number of ether oxygens (including phenoxy) is 2. The van der Waals surface area contributed by atoms with Crippen LogP contribution in [-0.4, -0.2) is 37.2 Å². The van der Waals surface area contributed by atoms with E-state index in [9.17, 15) is 14.4 Å². The number of alkyl carbamates (subject to hydrolysis) is 1. The number of hydrogen-bond acceptors (Lipinski definition) is 5. The van der Waals surface area contributed by atoms with E-state index in [4.69, 9.17) is 9.47 Å². The van der Waals surface area contributed by atoms with Crippen molar-refractivity contribution in [2.45, 2.75) is 32.8 Å². The second kappa shape index (κ2) is 10.3. The van der Waals surface area contributed by atoms with Gasteiger partial charge in [-0.3, -0.25) is 9.59 Å². The van der Waals surface area contributed by atoms with Crippen LogP contribution in [0.25, 0.3) is 0 Å². The molecule has 0 saturated heterocycles. The summed E-state index contributed by atoms with van der Waals surface area (Å²) in [6.07, 6.45) is -0.446. The number of hydrogen-bond donors (Lipinski definition) is 3. The molecule has 2 aromatic carbocycles. The number of methoxy groups -OCH3 is 1. The molecule has 0 heterocycles. The summed E-state index contributed by atoms with van der Waals surface area (Å²) in [5.41, 5.74) is 1.35. The predicted molar refractivity (Wildman–Crippen MR) is 115 cm³/mol. The molecule has 0 aliphatic carbocycles. The van der Waals surface area contributed by atoms with E-state index in [2.05, 4.69) is 16.0 Å². The van der Waals surface area contributed by atoms with E-state index in [1.807, 2.05) is 24.3 Å². The fourth-order valence-electron chi connectivity index (χ4n) is 2.48. The van der Waals surface area contributed by atoms with E-state index in [0.29, 0.717) is 17.1 Å². The molecule has 3 N–H and O–H groups in total. The van der Waals surface area contributed by atoms with Crippen LogP contribution < -0.4 is 20.7 Å². The molecule has 3 amide bonds. The number of anilines is 2. The predicted octanol–water partition coefficient (Wildman–Crippen LogP) is 3.34. The van der Waals surface area contributed by atoms with Crippen molar-refractivity contribution >= 4 is 29.3 Å². The Hall–Kier alpha value is -3.55. The lowest BCUT2D eigenvalue weighted by Crippen LogP contribution is -2.37. The van der Waals surface area contributed by atoms with E-state index in [1.54, 1.807) is 52.1 Å². The topological polar surface area (TPSA) is 106 Å². The van der Waals surface area contributed by atoms with Crippen molar-refractivity contribution in [2.75, 3.05) is 24.3 Å². The molecule has 0 aliphatic heterocycles. The van der Waals surface area contributed by atoms with Crippen LogP contribution in [0.4, 0.5) is 16.2 Å². The maximum atomic E-state index is 12.2. The summed E-state index contributed by atoms with van der Waals surface area (Å²) in [6, 6.07) is 14.0. The summed E-state index contributed by atoms with van der Waals surface area (Å²) in [5, 5.41) is 7.85. The average molecular weight is 413 g/mol. The third kappa shape index (κ3) is 8.22. The van der Waals surface area contributed by atoms with Crippen LogP contribution >= 0.6 is 0 Å². The van der Waals surface area contributed by atoms with Gasteiger partial charge in [0.1, 0.15) is 17.9 Å². The molecule has 2 rings (SSSR count). The summed E-state index contributed by atoms with van der Waals surface area (Å²) in [4.78, 5) is 35.7. The number of carbonyl (C=O) groups excluding carboxylic acids is 3. The van der Waals surface area contributed by atoms with Crippen molar-refractivity contribution < 1.29 is 23.9 Å². The molecule has 0 radical (unpaired) electrons. The van der Waals surface area contributed by atoms with E-state index >= 15 is 0 Å². The highest BCUT2D eigenvalue weighted by Gasteiger charge is 2.16. The van der Waals surface area contributed by atoms with Gasteiger partial charge in [-0.25, -0.2) is 4.79 Å². The first kappa shape index (κ1) is 22.7. The minimum atomic E-state index is -0.660. The zero-order valence-electron chi connectivity index (χ0n) is 17.6. The SMILES string of the molecule is COc1cccc(CC(=O)Nc2ccc(NC(=O)CNC(=O)OC(C)(C)C)cc2)c1. The fraction of sp³-hybridized carbons (Fsp3) is 0.318. The quantitative estimate of drug-likeness (QED) is 0.646. The van der Waals surface area contributed by atoms with Gasteiger partial charge in [-0.2, -0.15) is 0 Å². The van der Waals surface area contributed by atoms with Gasteiger partial charge in [-0.05, 0) is 62.7 Å². The Bertz CT molecular complexity index is 888. The first-order chi connectivity index (χ1) is 14.1. The Morgan fingerprint density at radius 1 is 0.900 bits per heavy atom. The maximum absolute atomic E-state index is 12.2. The Labute approximate surface area is 175 Å². The molecule has 0 fully saturated rings. The number of amides is 3. The molecule has 160 valence electrons. The molecule has 8 heteroatoms. The van der Waals surface area contributed by atoms with E-state index < -0.39 is 17.6 Å². The highest BCUT2D eigenvalue weighted by Crippen LogP contribution is 2.16. The number of carbonyl (C=O) groups is 3. The molecule has 8 nitrogen and oxygen atoms in total. The van der Waals surface area contributed by atoms with Crippen molar-refractivity contribution in [2.24, 2.45) is 0 Å². The van der Waals surface area contributed by atoms with Crippen LogP contribution in [-0.2, 0) is 20.7 Å². The summed E-state index contributed by atoms with van der Waals surface area (Å²) in [7, 11) is 1.58. The fourth-order valence-corrected chi connectivity index (χ4v) is 2.48. The van der Waals surface area contributed by atoms with Gasteiger partial charge in [-0.1, -0.05) is 12.1 Å². The van der Waals surface area contributed by atoms with Gasteiger partial charge < -0.3 is 25.4 Å². The van der Waals surface area contributed by atoms with Gasteiger partial charge in [0.2, 0.25) is 11.8 Å². The lowest BCUT2D eigenvalue weighted by molar-refractivity contribution is -0.116. The average Bonchev–Trinajstić information content (AvgIpc) is 2.67. The number of rotatable bonds is 7. The van der Waals surface area contributed by atoms with Crippen molar-refractivity contribution in [1.82, 2.24) is 5.32 Å². The monoisotopic (exact) mass is 413 g/mol. The third-order valence-corrected chi connectivity index (χ3v) is 3.74. The van der Waals surface area contributed by atoms with Crippen LogP contribution in [0, 0.1) is 0 Å². The number of benzene rings is 2. The molecule has 0 saturated carbocycles. The van der Waals surface area contributed by atoms with E-state index in [1.165, 1.54) is 0 Å². The van der Waals surface area contributed by atoms with Crippen molar-refractivity contribution in [1.29, 1.82) is 0 Å². The lowest BCUT2D eigenvalue weighted by Gasteiger charge is -2.19. The van der Waals surface area contributed by atoms with Crippen LogP contribution in [0.15, 0.2) is 48.5 Å². The summed E-state index contributed by atoms with van der Waals surface area (Å²) >= 11 is 0. The van der Waals surface area contributed by atoms with Gasteiger partial charge in [0.25, 0.3) is 0 Å². The van der Waals surface area contributed by atoms with Gasteiger partial charge >= 0.3 is 6.09 Å². The van der Waals surface area contributed by atoms with Gasteiger partial charge in [0, 0.05) is 11.4 Å². The molecule has 0 atom stereocenters. The molecule has 30 heavy (non-hydrogen) atoms. The zero-order valence-corrected chi connectivity index (χ0v) is 17.6. The molecule has 0 bridgehead atoms. The first-order valence-electron chi connectivity index (χ1n) is 9.44. The summed E-state index contributed by atoms with van der Waals surface area (Å²) in [6.45, 7) is 5.00. The van der Waals surface area contributed by atoms with Gasteiger partial charge in [-0.15, -0.1) is 0 Å². The molecule has 0 unspecified atom stereocenters. The molecule has 0 spiro atoms. The minimum absolute atomic E-state index is 0.165. The van der Waals surface area contributed by atoms with Crippen molar-refractivity contribution in [3.63, 3.8) is 0 Å². The molecular formula is C22H27N3O5. The van der Waals surface area contributed by atoms with Crippen LogP contribution in [0.5, 0.6) is 5.75 Å². The third-order valence-electron chi connectivity index (χ3n) is 3.74. The first-order valence-corrected chi connectivity index (χ1v) is 9.44. The highest BCUT2D eigenvalue weighted by atomic mass is 16.6. The minimum Gasteiger partial charge on any atom is -0.497 e. The van der Waals surface area contributed by atoms with Gasteiger partial charge in [0.15, 0.2) is 0 Å². The molecule has 0 aromatic heterocycles. The second-order valence-electron chi connectivity index (χ2n) is 7.56. The Kier molecular flexibility index (Phi) is 7.80. The molecular weight excluding hydrogens is 386 g/mol. The highest BCUT2D eigenvalue weighted by molar-refractivity contribution is 5.95. The van der Waals surface area contributed by atoms with Crippen LogP contribution in [0.2, 0.25) is 0 Å². The maximum Gasteiger partial charge on any atom is 0.408 e. The normalized spacial score (nSPS) is 10.7. The summed E-state index contributed by atoms with van der Waals surface area (Å²) in [5.74, 6) is 0.138. The Balaban J connectivity index is 1.80. The van der Waals surface area contributed by atoms with Gasteiger partial charge in [0.05, 0.1) is 13.5 Å². The zero-order chi connectivity index (χ0) is 22.1. The van der Waals surface area contributed by atoms with Crippen LogP contribution in [0.1, 0.15) is 26.3 Å². The van der Waals surface area contributed by atoms with Crippen molar-refractivity contribution in [3.05, 3.63) is 54.1 Å². The van der Waals surface area contributed by atoms with Crippen molar-refractivity contribution in [3.8, 4) is 5.75 Å². The molecule has 2 aromatic rings. The Morgan fingerprint density at radius 2 is 1.50 bits per heavy atom. The lowest BCUT2D eigenvalue weighted by atomic mass is 10.1. The smallest absolute Gasteiger partial charge is 0.408 e. The standard InChI is InChI=1S/C22H27N3O5/c1-22(2,3)30-21(28)23-14-20(27)25-17-10-8-16(9-11-17)24-19(26)13-15-6-5-7-18(12-15)29-4/h5-12H,13-14H2,1-4H3,(H,23,28)(H,24,26)(H,25,27). The second-order valence-corrected chi connectivity index (χ2v) is 7.56. The van der Waals surface area contributed by atoms with E-state index in [0.717, 1.165) is 5.56 Å². The van der Waals surface area contributed by atoms with Crippen LogP contribution in [0.3, 0.4) is 0 Å². The summed E-state index contributed by atoms with van der Waals surface area (Å²) < 4.78 is 10.2. The largest absolute Gasteiger partial charge is 0.497 e. The van der Waals surface area contributed by atoms with E-state index in [-0.39, 0.29) is 18.9 Å². The molecule has 0 aliphatic rings. The Morgan fingerprint density at radius 3 is 2.07 bits per heavy atom.